The molecule has 2 aliphatic heterocycles. The molecule has 4 nitrogen and oxygen atoms in total. The number of ether oxygens (including phenoxy) is 2. The van der Waals surface area contributed by atoms with Gasteiger partial charge in [0, 0.05) is 23.3 Å². The van der Waals surface area contributed by atoms with E-state index >= 15 is 0 Å². The van der Waals surface area contributed by atoms with Gasteiger partial charge in [0.15, 0.2) is 11.6 Å². The van der Waals surface area contributed by atoms with E-state index in [9.17, 15) is 9.59 Å². The molecule has 0 amide bonds. The highest BCUT2D eigenvalue weighted by Crippen LogP contribution is 2.57. The van der Waals surface area contributed by atoms with Gasteiger partial charge in [0.05, 0.1) is 12.7 Å². The topological polar surface area (TPSA) is 52.6 Å². The average Bonchev–Trinajstić information content (AvgIpc) is 3.02. The van der Waals surface area contributed by atoms with Crippen molar-refractivity contribution in [2.75, 3.05) is 6.61 Å². The van der Waals surface area contributed by atoms with Crippen molar-refractivity contribution in [3.8, 4) is 0 Å². The largest absolute Gasteiger partial charge is 0.343 e. The summed E-state index contributed by atoms with van der Waals surface area (Å²) in [6, 6.07) is 7.52. The molecule has 3 fully saturated rings. The molecule has 5 atom stereocenters. The maximum Gasteiger partial charge on any atom is 0.218 e. The first kappa shape index (κ1) is 11.3. The highest BCUT2D eigenvalue weighted by Gasteiger charge is 2.68. The molecule has 2 heterocycles. The molecular weight excluding hydrogens is 244 g/mol. The molecule has 1 aromatic carbocycles. The molecule has 2 bridgehead atoms. The zero-order valence-corrected chi connectivity index (χ0v) is 10.5. The second kappa shape index (κ2) is 3.74. The van der Waals surface area contributed by atoms with Gasteiger partial charge in [-0.25, -0.2) is 0 Å². The third kappa shape index (κ3) is 1.53. The molecule has 1 aliphatic carbocycles. The monoisotopic (exact) mass is 258 g/mol. The fraction of sp³-hybridized carbons (Fsp3) is 0.467. The number of fused-ring (bicyclic) bond motifs is 4. The first-order chi connectivity index (χ1) is 9.16. The Morgan fingerprint density at radius 1 is 1.26 bits per heavy atom. The number of hydrogen-bond donors (Lipinski definition) is 0. The number of hydrogen-bond acceptors (Lipinski definition) is 4. The predicted molar refractivity (Wildman–Crippen MR) is 65.6 cm³/mol. The number of ketones is 2. The maximum atomic E-state index is 12.5. The van der Waals surface area contributed by atoms with E-state index in [0.717, 1.165) is 5.56 Å². The van der Waals surface area contributed by atoms with Gasteiger partial charge in [-0.2, -0.15) is 0 Å². The molecular formula is C15H14O4. The van der Waals surface area contributed by atoms with Crippen molar-refractivity contribution in [2.24, 2.45) is 17.8 Å². The summed E-state index contributed by atoms with van der Waals surface area (Å²) in [6.45, 7) is 2.42. The molecule has 19 heavy (non-hydrogen) atoms. The van der Waals surface area contributed by atoms with Crippen molar-refractivity contribution >= 4 is 11.6 Å². The normalized spacial score (nSPS) is 39.0. The molecule has 0 N–H and O–H groups in total. The van der Waals surface area contributed by atoms with Gasteiger partial charge in [-0.3, -0.25) is 9.59 Å². The Balaban J connectivity index is 1.60. The number of rotatable bonds is 2. The first-order valence-corrected chi connectivity index (χ1v) is 6.58. The second-order valence-electron chi connectivity index (χ2n) is 5.60. The SMILES string of the molecule is Cc1ccc(C(=O)C2[C@H]3[C@@H]2C(=O)[C@@H]2OC[C@H]3O2)cc1. The summed E-state index contributed by atoms with van der Waals surface area (Å²) in [4.78, 5) is 24.5. The van der Waals surface area contributed by atoms with Crippen LogP contribution in [0.4, 0.5) is 0 Å². The van der Waals surface area contributed by atoms with Crippen LogP contribution < -0.4 is 0 Å². The smallest absolute Gasteiger partial charge is 0.218 e. The fourth-order valence-electron chi connectivity index (χ4n) is 3.34. The van der Waals surface area contributed by atoms with Crippen LogP contribution in [-0.2, 0) is 14.3 Å². The Morgan fingerprint density at radius 2 is 2.00 bits per heavy atom. The molecule has 0 radical (unpaired) electrons. The zero-order valence-electron chi connectivity index (χ0n) is 10.5. The number of carbonyl (C=O) groups is 2. The quantitative estimate of drug-likeness (QED) is 0.752. The van der Waals surface area contributed by atoms with Crippen molar-refractivity contribution < 1.29 is 19.1 Å². The lowest BCUT2D eigenvalue weighted by atomic mass is 10.0. The van der Waals surface area contributed by atoms with Gasteiger partial charge in [0.1, 0.15) is 0 Å². The fourth-order valence-corrected chi connectivity index (χ4v) is 3.34. The van der Waals surface area contributed by atoms with Gasteiger partial charge in [0.25, 0.3) is 0 Å². The van der Waals surface area contributed by atoms with Crippen LogP contribution in [0.15, 0.2) is 24.3 Å². The van der Waals surface area contributed by atoms with E-state index in [1.54, 1.807) is 0 Å². The minimum atomic E-state index is -0.720. The van der Waals surface area contributed by atoms with Crippen molar-refractivity contribution in [1.82, 2.24) is 0 Å². The Kier molecular flexibility index (Phi) is 2.23. The zero-order chi connectivity index (χ0) is 13.1. The molecule has 0 aromatic heterocycles. The van der Waals surface area contributed by atoms with E-state index in [2.05, 4.69) is 0 Å². The van der Waals surface area contributed by atoms with E-state index < -0.39 is 6.29 Å². The highest BCUT2D eigenvalue weighted by molar-refractivity contribution is 6.05. The lowest BCUT2D eigenvalue weighted by molar-refractivity contribution is -0.153. The Morgan fingerprint density at radius 3 is 2.74 bits per heavy atom. The number of benzene rings is 1. The summed E-state index contributed by atoms with van der Waals surface area (Å²) in [5.41, 5.74) is 1.81. The van der Waals surface area contributed by atoms with Gasteiger partial charge in [0.2, 0.25) is 6.29 Å². The third-order valence-corrected chi connectivity index (χ3v) is 4.41. The van der Waals surface area contributed by atoms with Crippen molar-refractivity contribution in [3.05, 3.63) is 35.4 Å². The molecule has 4 heteroatoms. The molecule has 1 unspecified atom stereocenters. The van der Waals surface area contributed by atoms with Crippen LogP contribution in [0, 0.1) is 24.7 Å². The standard InChI is InChI=1S/C15H14O4/c1-7-2-4-8(5-3-7)13(16)11-10-9-6-18-15(19-9)14(17)12(10)11/h2-5,9-12,15H,6H2,1H3/t9-,10+,11?,12+,15-/m1/s1. The molecule has 3 aliphatic rings. The summed E-state index contributed by atoms with van der Waals surface area (Å²) in [7, 11) is 0. The third-order valence-electron chi connectivity index (χ3n) is 4.41. The minimum Gasteiger partial charge on any atom is -0.343 e. The van der Waals surface area contributed by atoms with Crippen LogP contribution >= 0.6 is 0 Å². The predicted octanol–water partition coefficient (Wildman–Crippen LogP) is 1.36. The number of carbonyl (C=O) groups excluding carboxylic acids is 2. The van der Waals surface area contributed by atoms with E-state index in [-0.39, 0.29) is 35.4 Å². The molecule has 1 aromatic rings. The Hall–Kier alpha value is -1.52. The molecule has 2 saturated heterocycles. The van der Waals surface area contributed by atoms with Gasteiger partial charge < -0.3 is 9.47 Å². The van der Waals surface area contributed by atoms with Crippen LogP contribution in [0.1, 0.15) is 15.9 Å². The molecule has 98 valence electrons. The van der Waals surface area contributed by atoms with Crippen molar-refractivity contribution in [3.63, 3.8) is 0 Å². The Bertz CT molecular complexity index is 562. The Labute approximate surface area is 110 Å². The summed E-state index contributed by atoms with van der Waals surface area (Å²) in [6.07, 6.45) is -0.797. The summed E-state index contributed by atoms with van der Waals surface area (Å²) < 4.78 is 10.7. The summed E-state index contributed by atoms with van der Waals surface area (Å²) in [5, 5.41) is 0. The molecule has 0 spiro atoms. The van der Waals surface area contributed by atoms with Crippen LogP contribution in [0.2, 0.25) is 0 Å². The van der Waals surface area contributed by atoms with Gasteiger partial charge in [-0.15, -0.1) is 0 Å². The van der Waals surface area contributed by atoms with E-state index in [1.165, 1.54) is 0 Å². The van der Waals surface area contributed by atoms with Gasteiger partial charge in [-0.05, 0) is 6.92 Å². The van der Waals surface area contributed by atoms with Gasteiger partial charge in [-0.1, -0.05) is 29.8 Å². The summed E-state index contributed by atoms with van der Waals surface area (Å²) >= 11 is 0. The number of aryl methyl sites for hydroxylation is 1. The van der Waals surface area contributed by atoms with E-state index in [0.29, 0.717) is 12.2 Å². The van der Waals surface area contributed by atoms with Crippen LogP contribution in [0.25, 0.3) is 0 Å². The average molecular weight is 258 g/mol. The highest BCUT2D eigenvalue weighted by atomic mass is 16.7. The van der Waals surface area contributed by atoms with Crippen LogP contribution in [0.3, 0.4) is 0 Å². The van der Waals surface area contributed by atoms with Crippen LogP contribution in [0.5, 0.6) is 0 Å². The van der Waals surface area contributed by atoms with E-state index in [1.807, 2.05) is 31.2 Å². The van der Waals surface area contributed by atoms with E-state index in [4.69, 9.17) is 9.47 Å². The first-order valence-electron chi connectivity index (χ1n) is 6.58. The second-order valence-corrected chi connectivity index (χ2v) is 5.60. The summed E-state index contributed by atoms with van der Waals surface area (Å²) in [5.74, 6) is -0.335. The minimum absolute atomic E-state index is 0.0278. The van der Waals surface area contributed by atoms with Crippen LogP contribution in [-0.4, -0.2) is 30.6 Å². The maximum absolute atomic E-state index is 12.5. The van der Waals surface area contributed by atoms with Crippen molar-refractivity contribution in [1.29, 1.82) is 0 Å². The van der Waals surface area contributed by atoms with Crippen molar-refractivity contribution in [2.45, 2.75) is 19.3 Å². The van der Waals surface area contributed by atoms with Gasteiger partial charge >= 0.3 is 0 Å². The number of Topliss-reactive ketones (excluding diaryl/α,β-unsaturated/α-hetero) is 2. The molecule has 4 rings (SSSR count). The lowest BCUT2D eigenvalue weighted by Crippen LogP contribution is -2.30. The molecule has 1 saturated carbocycles. The lowest BCUT2D eigenvalue weighted by Gasteiger charge is -2.14.